The number of aliphatic imine (C=N–C) groups is 1. The van der Waals surface area contributed by atoms with Gasteiger partial charge in [0.05, 0.1) is 7.11 Å². The van der Waals surface area contributed by atoms with Gasteiger partial charge >= 0.3 is 0 Å². The van der Waals surface area contributed by atoms with Crippen molar-refractivity contribution in [1.29, 1.82) is 0 Å². The Kier molecular flexibility index (Phi) is 4.20. The lowest BCUT2D eigenvalue weighted by atomic mass is 10.2. The number of methoxy groups -OCH3 is 1. The number of ether oxygens (including phenoxy) is 1. The van der Waals surface area contributed by atoms with Crippen LogP contribution in [-0.2, 0) is 11.2 Å². The van der Waals surface area contributed by atoms with E-state index in [2.05, 4.69) is 15.2 Å². The van der Waals surface area contributed by atoms with Crippen LogP contribution >= 0.6 is 11.3 Å². The molecular weight excluding hydrogens is 312 g/mol. The number of amides is 1. The second-order valence-corrected chi connectivity index (χ2v) is 5.97. The van der Waals surface area contributed by atoms with Crippen LogP contribution in [0.2, 0.25) is 0 Å². The molecule has 0 radical (unpaired) electrons. The molecule has 6 nitrogen and oxygen atoms in total. The van der Waals surface area contributed by atoms with Gasteiger partial charge < -0.3 is 4.74 Å². The Labute approximate surface area is 138 Å². The quantitative estimate of drug-likeness (QED) is 0.809. The van der Waals surface area contributed by atoms with Gasteiger partial charge in [0.1, 0.15) is 22.3 Å². The lowest BCUT2D eigenvalue weighted by molar-refractivity contribution is -0.113. The first-order valence-corrected chi connectivity index (χ1v) is 8.02. The summed E-state index contributed by atoms with van der Waals surface area (Å²) in [5.41, 5.74) is 1.28. The summed E-state index contributed by atoms with van der Waals surface area (Å²) in [5, 5.41) is 9.60. The van der Waals surface area contributed by atoms with Gasteiger partial charge in [-0.3, -0.25) is 4.79 Å². The lowest BCUT2D eigenvalue weighted by Crippen LogP contribution is -2.30. The van der Waals surface area contributed by atoms with Crippen molar-refractivity contribution in [2.75, 3.05) is 12.0 Å². The van der Waals surface area contributed by atoms with Gasteiger partial charge in [0.25, 0.3) is 5.91 Å². The zero-order valence-electron chi connectivity index (χ0n) is 13.1. The standard InChI is InChI=1S/C16H16N4O2S/c1-4-14-18-19-16(23-14)20-10(2)17-13(15(20)21)9-11-5-7-12(22-3)8-6-11/h5-9H,4H2,1-3H3/b13-9-. The summed E-state index contributed by atoms with van der Waals surface area (Å²) < 4.78 is 5.13. The SMILES string of the molecule is CCc1nnc(N2C(=O)/C(=C/c3ccc(OC)cc3)N=C2C)s1. The van der Waals surface area contributed by atoms with Gasteiger partial charge in [-0.25, -0.2) is 9.89 Å². The fourth-order valence-corrected chi connectivity index (χ4v) is 3.01. The summed E-state index contributed by atoms with van der Waals surface area (Å²) in [6.45, 7) is 3.80. The summed E-state index contributed by atoms with van der Waals surface area (Å²) in [6, 6.07) is 7.45. The molecule has 0 aliphatic carbocycles. The summed E-state index contributed by atoms with van der Waals surface area (Å²) in [6.07, 6.45) is 2.55. The molecular formula is C16H16N4O2S. The van der Waals surface area contributed by atoms with E-state index in [1.165, 1.54) is 16.2 Å². The van der Waals surface area contributed by atoms with E-state index in [-0.39, 0.29) is 5.91 Å². The molecule has 2 aromatic rings. The summed E-state index contributed by atoms with van der Waals surface area (Å²) in [5.74, 6) is 1.19. The van der Waals surface area contributed by atoms with Crippen LogP contribution in [0.3, 0.4) is 0 Å². The lowest BCUT2D eigenvalue weighted by Gasteiger charge is -2.10. The van der Waals surface area contributed by atoms with Crippen molar-refractivity contribution in [2.24, 2.45) is 4.99 Å². The molecule has 0 atom stereocenters. The Morgan fingerprint density at radius 3 is 2.61 bits per heavy atom. The normalized spacial score (nSPS) is 16.1. The molecule has 0 saturated carbocycles. The van der Waals surface area contributed by atoms with Crippen molar-refractivity contribution in [2.45, 2.75) is 20.3 Å². The van der Waals surface area contributed by atoms with Gasteiger partial charge in [-0.15, -0.1) is 10.2 Å². The van der Waals surface area contributed by atoms with Crippen molar-refractivity contribution in [3.05, 3.63) is 40.5 Å². The third kappa shape index (κ3) is 3.00. The Morgan fingerprint density at radius 1 is 1.26 bits per heavy atom. The van der Waals surface area contributed by atoms with Gasteiger partial charge in [0.15, 0.2) is 0 Å². The number of aromatic nitrogens is 2. The van der Waals surface area contributed by atoms with Crippen LogP contribution in [0, 0.1) is 0 Å². The van der Waals surface area contributed by atoms with Crippen LogP contribution in [0.25, 0.3) is 6.08 Å². The second-order valence-electron chi connectivity index (χ2n) is 4.93. The van der Waals surface area contributed by atoms with Crippen LogP contribution in [0.1, 0.15) is 24.4 Å². The van der Waals surface area contributed by atoms with Gasteiger partial charge in [-0.2, -0.15) is 0 Å². The minimum Gasteiger partial charge on any atom is -0.497 e. The number of rotatable bonds is 4. The number of carbonyl (C=O) groups excluding carboxylic acids is 1. The Balaban J connectivity index is 1.87. The van der Waals surface area contributed by atoms with E-state index in [0.717, 1.165) is 22.7 Å². The number of amidine groups is 1. The van der Waals surface area contributed by atoms with E-state index in [4.69, 9.17) is 4.74 Å². The molecule has 23 heavy (non-hydrogen) atoms. The molecule has 118 valence electrons. The highest BCUT2D eigenvalue weighted by Gasteiger charge is 2.31. The third-order valence-corrected chi connectivity index (χ3v) is 4.45. The van der Waals surface area contributed by atoms with Crippen LogP contribution < -0.4 is 9.64 Å². The third-order valence-electron chi connectivity index (χ3n) is 3.40. The molecule has 0 N–H and O–H groups in total. The van der Waals surface area contributed by atoms with E-state index >= 15 is 0 Å². The number of benzene rings is 1. The van der Waals surface area contributed by atoms with Crippen LogP contribution in [0.15, 0.2) is 35.0 Å². The van der Waals surface area contributed by atoms with E-state index in [9.17, 15) is 4.79 Å². The van der Waals surface area contributed by atoms with Crippen molar-refractivity contribution < 1.29 is 9.53 Å². The van der Waals surface area contributed by atoms with Crippen molar-refractivity contribution in [3.8, 4) is 5.75 Å². The molecule has 1 aromatic carbocycles. The van der Waals surface area contributed by atoms with E-state index in [1.807, 2.05) is 31.2 Å². The van der Waals surface area contributed by atoms with Gasteiger partial charge in [0.2, 0.25) is 5.13 Å². The predicted molar refractivity (Wildman–Crippen MR) is 90.9 cm³/mol. The largest absolute Gasteiger partial charge is 0.497 e. The van der Waals surface area contributed by atoms with Crippen LogP contribution in [0.4, 0.5) is 5.13 Å². The summed E-state index contributed by atoms with van der Waals surface area (Å²) in [4.78, 5) is 18.5. The van der Waals surface area contributed by atoms with Gasteiger partial charge in [-0.1, -0.05) is 30.4 Å². The maximum absolute atomic E-state index is 12.6. The molecule has 1 aliphatic rings. The Morgan fingerprint density at radius 2 is 2.00 bits per heavy atom. The molecule has 2 heterocycles. The predicted octanol–water partition coefficient (Wildman–Crippen LogP) is 2.92. The summed E-state index contributed by atoms with van der Waals surface area (Å²) in [7, 11) is 1.62. The molecule has 0 fully saturated rings. The van der Waals surface area contributed by atoms with Gasteiger partial charge in [-0.05, 0) is 37.1 Å². The minimum absolute atomic E-state index is 0.183. The minimum atomic E-state index is -0.183. The highest BCUT2D eigenvalue weighted by Crippen LogP contribution is 2.28. The fraction of sp³-hybridized carbons (Fsp3) is 0.250. The average Bonchev–Trinajstić information content (AvgIpc) is 3.13. The maximum Gasteiger partial charge on any atom is 0.284 e. The molecule has 0 saturated heterocycles. The smallest absolute Gasteiger partial charge is 0.284 e. The van der Waals surface area contributed by atoms with E-state index in [0.29, 0.717) is 16.7 Å². The Hall–Kier alpha value is -2.54. The van der Waals surface area contributed by atoms with Crippen molar-refractivity contribution in [1.82, 2.24) is 10.2 Å². The van der Waals surface area contributed by atoms with E-state index in [1.54, 1.807) is 20.1 Å². The molecule has 0 bridgehead atoms. The van der Waals surface area contributed by atoms with E-state index < -0.39 is 0 Å². The molecule has 7 heteroatoms. The average molecular weight is 328 g/mol. The second kappa shape index (κ2) is 6.29. The molecule has 1 aromatic heterocycles. The van der Waals surface area contributed by atoms with Crippen LogP contribution in [-0.4, -0.2) is 29.0 Å². The zero-order chi connectivity index (χ0) is 16.4. The van der Waals surface area contributed by atoms with Crippen molar-refractivity contribution >= 4 is 34.3 Å². The number of hydrogen-bond donors (Lipinski definition) is 0. The zero-order valence-corrected chi connectivity index (χ0v) is 13.9. The molecule has 3 rings (SSSR count). The number of aryl methyl sites for hydroxylation is 1. The molecule has 0 unspecified atom stereocenters. The van der Waals surface area contributed by atoms with Gasteiger partial charge in [0, 0.05) is 0 Å². The number of hydrogen-bond acceptors (Lipinski definition) is 6. The molecule has 1 amide bonds. The number of anilines is 1. The highest BCUT2D eigenvalue weighted by molar-refractivity contribution is 7.15. The molecule has 0 spiro atoms. The Bertz CT molecular complexity index is 793. The number of nitrogens with zero attached hydrogens (tertiary/aromatic N) is 4. The fourth-order valence-electron chi connectivity index (χ4n) is 2.19. The first-order chi connectivity index (χ1) is 11.1. The first-order valence-electron chi connectivity index (χ1n) is 7.20. The first kappa shape index (κ1) is 15.4. The number of carbonyl (C=O) groups is 1. The van der Waals surface area contributed by atoms with Crippen LogP contribution in [0.5, 0.6) is 5.75 Å². The monoisotopic (exact) mass is 328 g/mol. The maximum atomic E-state index is 12.6. The molecule has 1 aliphatic heterocycles. The summed E-state index contributed by atoms with van der Waals surface area (Å²) >= 11 is 1.41. The van der Waals surface area contributed by atoms with Crippen molar-refractivity contribution in [3.63, 3.8) is 0 Å². The topological polar surface area (TPSA) is 67.7 Å². The highest BCUT2D eigenvalue weighted by atomic mass is 32.1.